The quantitative estimate of drug-likeness (QED) is 0.644. The van der Waals surface area contributed by atoms with Crippen molar-refractivity contribution >= 4 is 24.7 Å². The number of nitrogens with zero attached hydrogens (tertiary/aromatic N) is 1. The number of aliphatic imine (C=N–C) groups is 1. The van der Waals surface area contributed by atoms with Crippen LogP contribution in [0, 0.1) is 0 Å². The molecule has 0 aliphatic carbocycles. The van der Waals surface area contributed by atoms with Crippen molar-refractivity contribution in [3.8, 4) is 0 Å². The van der Waals surface area contributed by atoms with Gasteiger partial charge in [0.25, 0.3) is 0 Å². The lowest BCUT2D eigenvalue weighted by Crippen LogP contribution is -2.21. The third kappa shape index (κ3) is 2.16. The first-order valence-electron chi connectivity index (χ1n) is 3.40. The van der Waals surface area contributed by atoms with Crippen molar-refractivity contribution < 1.29 is 16.8 Å². The second kappa shape index (κ2) is 2.91. The Morgan fingerprint density at radius 3 is 2.31 bits per heavy atom. The Morgan fingerprint density at radius 1 is 1.46 bits per heavy atom. The van der Waals surface area contributed by atoms with E-state index in [1.54, 1.807) is 0 Å². The van der Waals surface area contributed by atoms with Crippen molar-refractivity contribution in [1.29, 1.82) is 0 Å². The Morgan fingerprint density at radius 2 is 2.00 bits per heavy atom. The summed E-state index contributed by atoms with van der Waals surface area (Å²) >= 11 is 0. The topological polar surface area (TPSA) is 80.6 Å². The van der Waals surface area contributed by atoms with Gasteiger partial charge >= 0.3 is 0 Å². The minimum absolute atomic E-state index is 0.0890. The van der Waals surface area contributed by atoms with Gasteiger partial charge in [-0.15, -0.1) is 0 Å². The molecular weight excluding hydrogens is 214 g/mol. The molecule has 0 aromatic heterocycles. The molecule has 0 spiro atoms. The largest absolute Gasteiger partial charge is 0.247 e. The van der Waals surface area contributed by atoms with Crippen molar-refractivity contribution in [2.24, 2.45) is 4.99 Å². The molecule has 0 saturated carbocycles. The van der Waals surface area contributed by atoms with Crippen LogP contribution in [0.3, 0.4) is 0 Å². The standard InChI is InChI=1S/C6H9NO4S2/c1-5-3-7-6(13(5,10)11)4-12(2,8)9/h3H,4H2,1-2H3. The maximum absolute atomic E-state index is 11.3. The maximum Gasteiger partial charge on any atom is 0.218 e. The number of hydrogen-bond acceptors (Lipinski definition) is 5. The van der Waals surface area contributed by atoms with Crippen LogP contribution in [0.5, 0.6) is 0 Å². The fourth-order valence-electron chi connectivity index (χ4n) is 0.827. The van der Waals surface area contributed by atoms with Gasteiger partial charge in [0.05, 0.1) is 4.91 Å². The molecule has 0 aromatic rings. The highest BCUT2D eigenvalue weighted by atomic mass is 32.2. The SMILES string of the molecule is CC1=CN=C(CS(C)(=O)=O)S1(=O)=O. The van der Waals surface area contributed by atoms with E-state index >= 15 is 0 Å². The second-order valence-electron chi connectivity index (χ2n) is 2.84. The molecule has 1 aliphatic rings. The van der Waals surface area contributed by atoms with E-state index in [1.165, 1.54) is 6.92 Å². The smallest absolute Gasteiger partial charge is 0.218 e. The van der Waals surface area contributed by atoms with Gasteiger partial charge < -0.3 is 0 Å². The van der Waals surface area contributed by atoms with Gasteiger partial charge in [-0.1, -0.05) is 0 Å². The maximum atomic E-state index is 11.3. The highest BCUT2D eigenvalue weighted by molar-refractivity contribution is 8.11. The van der Waals surface area contributed by atoms with Crippen molar-refractivity contribution in [3.05, 3.63) is 11.1 Å². The van der Waals surface area contributed by atoms with Crippen LogP contribution < -0.4 is 0 Å². The van der Waals surface area contributed by atoms with Gasteiger partial charge in [0, 0.05) is 12.5 Å². The third-order valence-electron chi connectivity index (χ3n) is 1.51. The summed E-state index contributed by atoms with van der Waals surface area (Å²) in [4.78, 5) is 3.63. The Labute approximate surface area is 77.0 Å². The molecule has 0 atom stereocenters. The van der Waals surface area contributed by atoms with Crippen molar-refractivity contribution in [1.82, 2.24) is 0 Å². The van der Waals surface area contributed by atoms with Gasteiger partial charge in [-0.05, 0) is 6.92 Å². The van der Waals surface area contributed by atoms with E-state index in [2.05, 4.69) is 4.99 Å². The second-order valence-corrected chi connectivity index (χ2v) is 7.10. The number of hydrogen-bond donors (Lipinski definition) is 0. The fraction of sp³-hybridized carbons (Fsp3) is 0.500. The normalized spacial score (nSPS) is 21.1. The zero-order valence-corrected chi connectivity index (χ0v) is 8.81. The third-order valence-corrected chi connectivity index (χ3v) is 4.31. The molecule has 13 heavy (non-hydrogen) atoms. The first kappa shape index (κ1) is 10.4. The van der Waals surface area contributed by atoms with Crippen LogP contribution >= 0.6 is 0 Å². The number of rotatable bonds is 2. The van der Waals surface area contributed by atoms with Gasteiger partial charge in [0.15, 0.2) is 14.9 Å². The lowest BCUT2D eigenvalue weighted by Gasteiger charge is -1.99. The van der Waals surface area contributed by atoms with Crippen molar-refractivity contribution in [3.63, 3.8) is 0 Å². The molecule has 0 aromatic carbocycles. The molecule has 0 N–H and O–H groups in total. The van der Waals surface area contributed by atoms with E-state index in [9.17, 15) is 16.8 Å². The molecule has 1 heterocycles. The predicted molar refractivity (Wildman–Crippen MR) is 49.8 cm³/mol. The molecule has 0 amide bonds. The summed E-state index contributed by atoms with van der Waals surface area (Å²) in [5.41, 5.74) is 0. The summed E-state index contributed by atoms with van der Waals surface area (Å²) in [6.07, 6.45) is 2.13. The van der Waals surface area contributed by atoms with Crippen LogP contribution in [-0.2, 0) is 19.7 Å². The van der Waals surface area contributed by atoms with Crippen LogP contribution in [0.15, 0.2) is 16.1 Å². The molecule has 5 nitrogen and oxygen atoms in total. The van der Waals surface area contributed by atoms with E-state index in [4.69, 9.17) is 0 Å². The Balaban J connectivity index is 3.05. The lowest BCUT2D eigenvalue weighted by molar-refractivity contribution is 0.603. The monoisotopic (exact) mass is 223 g/mol. The number of sulfone groups is 2. The molecule has 1 rings (SSSR count). The zero-order chi connectivity index (χ0) is 10.3. The Hall–Kier alpha value is -0.690. The van der Waals surface area contributed by atoms with Crippen LogP contribution in [0.25, 0.3) is 0 Å². The van der Waals surface area contributed by atoms with Gasteiger partial charge in [0.2, 0.25) is 9.84 Å². The summed E-state index contributed by atoms with van der Waals surface area (Å²) in [5, 5.41) is -0.285. The molecule has 7 heteroatoms. The van der Waals surface area contributed by atoms with Crippen LogP contribution in [-0.4, -0.2) is 33.9 Å². The first-order valence-corrected chi connectivity index (χ1v) is 6.94. The van der Waals surface area contributed by atoms with Gasteiger partial charge in [-0.2, -0.15) is 0 Å². The minimum atomic E-state index is -3.57. The molecule has 74 valence electrons. The molecule has 0 unspecified atom stereocenters. The van der Waals surface area contributed by atoms with E-state index in [0.29, 0.717) is 0 Å². The van der Waals surface area contributed by atoms with Gasteiger partial charge in [0.1, 0.15) is 5.75 Å². The van der Waals surface area contributed by atoms with Crippen molar-refractivity contribution in [2.75, 3.05) is 12.0 Å². The summed E-state index contributed by atoms with van der Waals surface area (Å²) in [5.74, 6) is -0.525. The van der Waals surface area contributed by atoms with E-state index < -0.39 is 25.4 Å². The van der Waals surface area contributed by atoms with Gasteiger partial charge in [-0.25, -0.2) is 21.8 Å². The van der Waals surface area contributed by atoms with Crippen molar-refractivity contribution in [2.45, 2.75) is 6.92 Å². The van der Waals surface area contributed by atoms with Crippen LogP contribution in [0.1, 0.15) is 6.92 Å². The minimum Gasteiger partial charge on any atom is -0.247 e. The van der Waals surface area contributed by atoms with Gasteiger partial charge in [-0.3, -0.25) is 0 Å². The highest BCUT2D eigenvalue weighted by Gasteiger charge is 2.28. The molecule has 0 bridgehead atoms. The van der Waals surface area contributed by atoms with Crippen LogP contribution in [0.2, 0.25) is 0 Å². The fourth-order valence-corrected chi connectivity index (χ4v) is 3.37. The lowest BCUT2D eigenvalue weighted by atomic mass is 10.7. The molecule has 0 fully saturated rings. The zero-order valence-electron chi connectivity index (χ0n) is 7.18. The predicted octanol–water partition coefficient (Wildman–Crippen LogP) is -0.281. The summed E-state index contributed by atoms with van der Waals surface area (Å²) < 4.78 is 44.2. The number of allylic oxidation sites excluding steroid dienone is 1. The Kier molecular flexibility index (Phi) is 2.33. The van der Waals surface area contributed by atoms with E-state index in [-0.39, 0.29) is 9.95 Å². The highest BCUT2D eigenvalue weighted by Crippen LogP contribution is 2.16. The first-order chi connectivity index (χ1) is 5.73. The molecular formula is C6H9NO4S2. The molecule has 0 radical (unpaired) electrons. The summed E-state index contributed by atoms with van der Waals surface area (Å²) in [6, 6.07) is 0. The Bertz CT molecular complexity index is 481. The summed E-state index contributed by atoms with van der Waals surface area (Å²) in [7, 11) is -6.91. The molecule has 0 saturated heterocycles. The van der Waals surface area contributed by atoms with Crippen LogP contribution in [0.4, 0.5) is 0 Å². The average Bonchev–Trinajstić information content (AvgIpc) is 2.13. The van der Waals surface area contributed by atoms with E-state index in [0.717, 1.165) is 12.5 Å². The van der Waals surface area contributed by atoms with E-state index in [1.807, 2.05) is 0 Å². The summed E-state index contributed by atoms with van der Waals surface area (Å²) in [6.45, 7) is 1.38. The molecule has 1 aliphatic heterocycles. The average molecular weight is 223 g/mol.